The molecule has 0 bridgehead atoms. The van der Waals surface area contributed by atoms with Crippen LogP contribution in [0.15, 0.2) is 18.6 Å². The minimum Gasteiger partial charge on any atom is -0.377 e. The third-order valence-electron chi connectivity index (χ3n) is 5.42. The van der Waals surface area contributed by atoms with Crippen molar-refractivity contribution in [3.63, 3.8) is 0 Å². The minimum absolute atomic E-state index is 0.0930. The minimum atomic E-state index is -0.376. The zero-order chi connectivity index (χ0) is 17.1. The van der Waals surface area contributed by atoms with Crippen LogP contribution in [0.3, 0.4) is 0 Å². The molecule has 3 aliphatic rings. The van der Waals surface area contributed by atoms with Crippen LogP contribution >= 0.6 is 0 Å². The number of hydrogen-bond donors (Lipinski definition) is 0. The van der Waals surface area contributed by atoms with Gasteiger partial charge in [0.05, 0.1) is 32.6 Å². The van der Waals surface area contributed by atoms with Crippen molar-refractivity contribution >= 4 is 5.91 Å². The Labute approximate surface area is 148 Å². The van der Waals surface area contributed by atoms with Crippen molar-refractivity contribution < 1.29 is 14.3 Å². The summed E-state index contributed by atoms with van der Waals surface area (Å²) < 4.78 is 12.0. The second-order valence-corrected chi connectivity index (χ2v) is 7.44. The van der Waals surface area contributed by atoms with E-state index in [0.717, 1.165) is 19.6 Å². The van der Waals surface area contributed by atoms with Crippen molar-refractivity contribution in [1.82, 2.24) is 19.8 Å². The quantitative estimate of drug-likeness (QED) is 0.807. The van der Waals surface area contributed by atoms with Crippen molar-refractivity contribution in [2.75, 3.05) is 52.5 Å². The molecule has 7 heteroatoms. The van der Waals surface area contributed by atoms with Gasteiger partial charge in [-0.3, -0.25) is 9.78 Å². The highest BCUT2D eigenvalue weighted by Gasteiger charge is 2.44. The van der Waals surface area contributed by atoms with Gasteiger partial charge < -0.3 is 19.3 Å². The van der Waals surface area contributed by atoms with Crippen LogP contribution in [-0.4, -0.2) is 83.8 Å². The normalized spacial score (nSPS) is 30.7. The number of carbonyl (C=O) groups excluding carboxylic acids is 1. The molecule has 2 atom stereocenters. The summed E-state index contributed by atoms with van der Waals surface area (Å²) in [6.07, 6.45) is 8.22. The smallest absolute Gasteiger partial charge is 0.274 e. The first kappa shape index (κ1) is 16.9. The summed E-state index contributed by atoms with van der Waals surface area (Å²) >= 11 is 0. The molecule has 0 saturated carbocycles. The maximum atomic E-state index is 12.8. The van der Waals surface area contributed by atoms with E-state index in [0.29, 0.717) is 37.9 Å². The number of aromatic nitrogens is 2. The van der Waals surface area contributed by atoms with E-state index in [1.807, 2.05) is 4.90 Å². The Morgan fingerprint density at radius 3 is 2.96 bits per heavy atom. The lowest BCUT2D eigenvalue weighted by Gasteiger charge is -2.31. The van der Waals surface area contributed by atoms with Crippen molar-refractivity contribution in [2.24, 2.45) is 5.92 Å². The van der Waals surface area contributed by atoms with Crippen molar-refractivity contribution in [3.05, 3.63) is 24.3 Å². The molecule has 0 radical (unpaired) electrons. The molecular formula is C18H26N4O3. The van der Waals surface area contributed by atoms with E-state index in [4.69, 9.17) is 9.47 Å². The fourth-order valence-corrected chi connectivity index (χ4v) is 4.25. The summed E-state index contributed by atoms with van der Waals surface area (Å²) in [7, 11) is 0. The molecule has 3 saturated heterocycles. The van der Waals surface area contributed by atoms with Crippen molar-refractivity contribution in [3.8, 4) is 0 Å². The zero-order valence-corrected chi connectivity index (χ0v) is 14.6. The summed E-state index contributed by atoms with van der Waals surface area (Å²) in [5, 5.41) is 0. The van der Waals surface area contributed by atoms with Gasteiger partial charge in [-0.1, -0.05) is 0 Å². The second-order valence-electron chi connectivity index (χ2n) is 7.44. The highest BCUT2D eigenvalue weighted by atomic mass is 16.5. The summed E-state index contributed by atoms with van der Waals surface area (Å²) in [5.74, 6) is 0.429. The maximum absolute atomic E-state index is 12.8. The second kappa shape index (κ2) is 7.35. The van der Waals surface area contributed by atoms with Gasteiger partial charge >= 0.3 is 0 Å². The number of rotatable bonds is 3. The predicted octanol–water partition coefficient (Wildman–Crippen LogP) is 0.820. The largest absolute Gasteiger partial charge is 0.377 e. The van der Waals surface area contributed by atoms with Gasteiger partial charge in [0.2, 0.25) is 0 Å². The molecule has 0 N–H and O–H groups in total. The number of hydrogen-bond acceptors (Lipinski definition) is 6. The Morgan fingerprint density at radius 2 is 2.16 bits per heavy atom. The molecule has 1 aromatic rings. The van der Waals surface area contributed by atoms with Gasteiger partial charge in [0, 0.05) is 25.5 Å². The lowest BCUT2D eigenvalue weighted by atomic mass is 9.94. The third-order valence-corrected chi connectivity index (χ3v) is 5.42. The molecule has 1 amide bonds. The maximum Gasteiger partial charge on any atom is 0.274 e. The first-order chi connectivity index (χ1) is 12.2. The molecule has 3 fully saturated rings. The molecule has 0 unspecified atom stereocenters. The Bertz CT molecular complexity index is 593. The molecule has 1 spiro atoms. The van der Waals surface area contributed by atoms with E-state index >= 15 is 0 Å². The van der Waals surface area contributed by atoms with E-state index in [-0.39, 0.29) is 11.5 Å². The number of likely N-dealkylation sites (tertiary alicyclic amines) is 1. The van der Waals surface area contributed by atoms with E-state index in [1.165, 1.54) is 32.1 Å². The summed E-state index contributed by atoms with van der Waals surface area (Å²) in [6, 6.07) is 0. The summed E-state index contributed by atoms with van der Waals surface area (Å²) in [4.78, 5) is 25.3. The predicted molar refractivity (Wildman–Crippen MR) is 91.2 cm³/mol. The molecule has 1 aromatic heterocycles. The van der Waals surface area contributed by atoms with Crippen LogP contribution in [0.1, 0.15) is 29.8 Å². The Hall–Kier alpha value is -1.57. The van der Waals surface area contributed by atoms with Crippen LogP contribution in [0, 0.1) is 5.92 Å². The molecule has 7 nitrogen and oxygen atoms in total. The van der Waals surface area contributed by atoms with Gasteiger partial charge in [-0.15, -0.1) is 0 Å². The zero-order valence-electron chi connectivity index (χ0n) is 14.6. The van der Waals surface area contributed by atoms with Crippen LogP contribution in [0.4, 0.5) is 0 Å². The fourth-order valence-electron chi connectivity index (χ4n) is 4.25. The van der Waals surface area contributed by atoms with E-state index in [9.17, 15) is 4.79 Å². The van der Waals surface area contributed by atoms with Crippen molar-refractivity contribution in [2.45, 2.75) is 24.9 Å². The molecular weight excluding hydrogens is 320 g/mol. The highest BCUT2D eigenvalue weighted by molar-refractivity contribution is 5.92. The van der Waals surface area contributed by atoms with Gasteiger partial charge in [-0.25, -0.2) is 4.98 Å². The van der Waals surface area contributed by atoms with E-state index in [2.05, 4.69) is 14.9 Å². The summed E-state index contributed by atoms with van der Waals surface area (Å²) in [6.45, 7) is 6.50. The number of carbonyl (C=O) groups is 1. The molecule has 4 rings (SSSR count). The number of nitrogens with zero attached hydrogens (tertiary/aromatic N) is 4. The van der Waals surface area contributed by atoms with Crippen LogP contribution in [0.25, 0.3) is 0 Å². The Balaban J connectivity index is 1.42. The molecule has 25 heavy (non-hydrogen) atoms. The van der Waals surface area contributed by atoms with Gasteiger partial charge in [0.25, 0.3) is 5.91 Å². The molecule has 0 aliphatic carbocycles. The molecule has 136 valence electrons. The highest BCUT2D eigenvalue weighted by Crippen LogP contribution is 2.34. The average molecular weight is 346 g/mol. The van der Waals surface area contributed by atoms with Crippen LogP contribution in [0.5, 0.6) is 0 Å². The van der Waals surface area contributed by atoms with Crippen LogP contribution < -0.4 is 0 Å². The standard InChI is InChI=1S/C18H26N4O3/c23-17(16-10-19-3-4-20-16)22-7-8-24-14-18(13-22)9-15(12-25-18)11-21-5-1-2-6-21/h3-4,10,15H,1-2,5-9,11-14H2/t15-,18-/m0/s1. The molecule has 0 aromatic carbocycles. The number of amides is 1. The first-order valence-corrected chi connectivity index (χ1v) is 9.23. The van der Waals surface area contributed by atoms with E-state index < -0.39 is 0 Å². The van der Waals surface area contributed by atoms with Gasteiger partial charge in [-0.2, -0.15) is 0 Å². The fraction of sp³-hybridized carbons (Fsp3) is 0.722. The van der Waals surface area contributed by atoms with Gasteiger partial charge in [0.1, 0.15) is 11.3 Å². The van der Waals surface area contributed by atoms with Crippen LogP contribution in [0.2, 0.25) is 0 Å². The lowest BCUT2D eigenvalue weighted by Crippen LogP contribution is -2.46. The monoisotopic (exact) mass is 346 g/mol. The SMILES string of the molecule is O=C(c1cnccn1)N1CCOC[C@]2(C[C@@H](CN3CCCC3)CO2)C1. The molecule has 4 heterocycles. The average Bonchev–Trinajstić information content (AvgIpc) is 3.23. The van der Waals surface area contributed by atoms with Gasteiger partial charge in [-0.05, 0) is 38.3 Å². The van der Waals surface area contributed by atoms with E-state index in [1.54, 1.807) is 12.4 Å². The van der Waals surface area contributed by atoms with Gasteiger partial charge in [0.15, 0.2) is 0 Å². The topological polar surface area (TPSA) is 67.8 Å². The Kier molecular flexibility index (Phi) is 4.96. The molecule has 3 aliphatic heterocycles. The third kappa shape index (κ3) is 3.83. The van der Waals surface area contributed by atoms with Crippen molar-refractivity contribution in [1.29, 1.82) is 0 Å². The van der Waals surface area contributed by atoms with Crippen LogP contribution in [-0.2, 0) is 9.47 Å². The summed E-state index contributed by atoms with van der Waals surface area (Å²) in [5.41, 5.74) is 0.00448. The Morgan fingerprint density at radius 1 is 1.28 bits per heavy atom. The first-order valence-electron chi connectivity index (χ1n) is 9.23. The lowest BCUT2D eigenvalue weighted by molar-refractivity contribution is -0.0539. The number of ether oxygens (including phenoxy) is 2.